The molecule has 0 bridgehead atoms. The summed E-state index contributed by atoms with van der Waals surface area (Å²) in [6.45, 7) is 0.700. The lowest BCUT2D eigenvalue weighted by atomic mass is 10.1. The highest BCUT2D eigenvalue weighted by atomic mass is 35.5. The number of hydrogen-bond acceptors (Lipinski definition) is 6. The molecule has 0 amide bonds. The van der Waals surface area contributed by atoms with E-state index in [4.69, 9.17) is 23.2 Å². The Bertz CT molecular complexity index is 1700. The van der Waals surface area contributed by atoms with E-state index in [-0.39, 0.29) is 14.9 Å². The molecule has 190 valence electrons. The van der Waals surface area contributed by atoms with Gasteiger partial charge in [-0.2, -0.15) is 10.1 Å². The Morgan fingerprint density at radius 1 is 1.00 bits per heavy atom. The van der Waals surface area contributed by atoms with Crippen molar-refractivity contribution in [1.82, 2.24) is 24.3 Å². The molecule has 2 aromatic carbocycles. The number of benzene rings is 2. The molecule has 0 aliphatic heterocycles. The zero-order valence-electron chi connectivity index (χ0n) is 20.0. The monoisotopic (exact) mass is 555 g/mol. The molecule has 0 aliphatic carbocycles. The molecule has 5 aromatic rings. The Morgan fingerprint density at radius 2 is 1.78 bits per heavy atom. The Hall–Kier alpha value is -3.60. The fraction of sp³-hybridized carbons (Fsp3) is 0.160. The third kappa shape index (κ3) is 5.13. The van der Waals surface area contributed by atoms with Crippen molar-refractivity contribution in [2.24, 2.45) is 14.1 Å². The fourth-order valence-corrected chi connectivity index (χ4v) is 5.81. The van der Waals surface area contributed by atoms with E-state index < -0.39 is 10.0 Å². The third-order valence-corrected chi connectivity index (χ3v) is 8.27. The largest absolute Gasteiger partial charge is 0.354 e. The molecule has 3 aromatic heterocycles. The van der Waals surface area contributed by atoms with E-state index in [1.54, 1.807) is 35.1 Å². The molecule has 12 heteroatoms. The summed E-state index contributed by atoms with van der Waals surface area (Å²) in [5.74, 6) is 0.528. The van der Waals surface area contributed by atoms with Crippen molar-refractivity contribution in [2.45, 2.75) is 11.3 Å². The number of aryl methyl sites for hydroxylation is 2. The second-order valence-electron chi connectivity index (χ2n) is 8.43. The molecular weight excluding hydrogens is 533 g/mol. The quantitative estimate of drug-likeness (QED) is 0.275. The Kier molecular flexibility index (Phi) is 6.80. The third-order valence-electron chi connectivity index (χ3n) is 5.91. The van der Waals surface area contributed by atoms with E-state index in [9.17, 15) is 8.42 Å². The summed E-state index contributed by atoms with van der Waals surface area (Å²) in [5.41, 5.74) is 3.77. The summed E-state index contributed by atoms with van der Waals surface area (Å²) in [4.78, 5) is 9.01. The van der Waals surface area contributed by atoms with Crippen LogP contribution in [0.2, 0.25) is 10.0 Å². The fourth-order valence-electron chi connectivity index (χ4n) is 3.99. The number of halogens is 2. The predicted octanol–water partition coefficient (Wildman–Crippen LogP) is 5.13. The van der Waals surface area contributed by atoms with Crippen LogP contribution in [-0.2, 0) is 30.5 Å². The number of fused-ring (bicyclic) bond motifs is 1. The lowest BCUT2D eigenvalue weighted by molar-refractivity contribution is 0.601. The molecule has 5 rings (SSSR count). The van der Waals surface area contributed by atoms with E-state index in [2.05, 4.69) is 35.7 Å². The van der Waals surface area contributed by atoms with Crippen LogP contribution in [0.4, 0.5) is 11.6 Å². The molecule has 3 heterocycles. The van der Waals surface area contributed by atoms with Gasteiger partial charge in [0, 0.05) is 56.4 Å². The highest BCUT2D eigenvalue weighted by Gasteiger charge is 2.20. The molecule has 2 N–H and O–H groups in total. The Morgan fingerprint density at radius 3 is 2.51 bits per heavy atom. The summed E-state index contributed by atoms with van der Waals surface area (Å²) in [6.07, 6.45) is 4.61. The molecule has 0 fully saturated rings. The number of aromatic nitrogens is 5. The van der Waals surface area contributed by atoms with Crippen molar-refractivity contribution in [3.8, 4) is 11.3 Å². The van der Waals surface area contributed by atoms with Crippen LogP contribution in [-0.4, -0.2) is 39.3 Å². The van der Waals surface area contributed by atoms with Gasteiger partial charge in [-0.25, -0.2) is 18.1 Å². The number of anilines is 2. The van der Waals surface area contributed by atoms with Gasteiger partial charge >= 0.3 is 0 Å². The molecule has 0 saturated carbocycles. The summed E-state index contributed by atoms with van der Waals surface area (Å²) in [5, 5.41) is 8.81. The molecule has 0 unspecified atom stereocenters. The van der Waals surface area contributed by atoms with Crippen LogP contribution in [0.25, 0.3) is 22.3 Å². The van der Waals surface area contributed by atoms with Gasteiger partial charge in [0.25, 0.3) is 10.0 Å². The smallest absolute Gasteiger partial charge is 0.263 e. The van der Waals surface area contributed by atoms with E-state index in [1.807, 2.05) is 26.4 Å². The topological polar surface area (TPSA) is 107 Å². The molecule has 0 radical (unpaired) electrons. The van der Waals surface area contributed by atoms with Gasteiger partial charge in [0.05, 0.1) is 15.4 Å². The van der Waals surface area contributed by atoms with Crippen molar-refractivity contribution in [2.75, 3.05) is 16.6 Å². The van der Waals surface area contributed by atoms with Crippen LogP contribution in [0.1, 0.15) is 5.69 Å². The van der Waals surface area contributed by atoms with Gasteiger partial charge < -0.3 is 9.88 Å². The SMILES string of the molecule is Cn1cccc1CCNc1ncc2c(-c3ccc(NS(=O)(=O)c4cccc(Cl)c4Cl)cc3)nn(C)c2n1. The second kappa shape index (κ2) is 10.0. The van der Waals surface area contributed by atoms with Crippen molar-refractivity contribution in [3.05, 3.63) is 82.7 Å². The normalized spacial score (nSPS) is 11.7. The van der Waals surface area contributed by atoms with Gasteiger partial charge in [-0.3, -0.25) is 4.72 Å². The summed E-state index contributed by atoms with van der Waals surface area (Å²) < 4.78 is 31.9. The average Bonchev–Trinajstić information content (AvgIpc) is 3.43. The second-order valence-corrected chi connectivity index (χ2v) is 10.9. The highest BCUT2D eigenvalue weighted by Crippen LogP contribution is 2.31. The molecule has 9 nitrogen and oxygen atoms in total. The number of hydrogen-bond donors (Lipinski definition) is 2. The van der Waals surface area contributed by atoms with E-state index in [0.29, 0.717) is 29.5 Å². The Labute approximate surface area is 224 Å². The summed E-state index contributed by atoms with van der Waals surface area (Å²) in [6, 6.07) is 15.4. The number of nitrogens with one attached hydrogen (secondary N) is 2. The molecule has 0 saturated heterocycles. The minimum atomic E-state index is -3.92. The zero-order valence-corrected chi connectivity index (χ0v) is 22.3. The van der Waals surface area contributed by atoms with Crippen molar-refractivity contribution >= 4 is 55.9 Å². The van der Waals surface area contributed by atoms with E-state index in [0.717, 1.165) is 17.4 Å². The first-order valence-electron chi connectivity index (χ1n) is 11.3. The molecule has 0 atom stereocenters. The maximum absolute atomic E-state index is 12.8. The first-order chi connectivity index (χ1) is 17.7. The van der Waals surface area contributed by atoms with Gasteiger partial charge in [-0.05, 0) is 36.4 Å². The first-order valence-corrected chi connectivity index (χ1v) is 13.6. The lowest BCUT2D eigenvalue weighted by Crippen LogP contribution is -2.13. The number of rotatable bonds is 8. The van der Waals surface area contributed by atoms with Crippen molar-refractivity contribution in [1.29, 1.82) is 0 Å². The maximum Gasteiger partial charge on any atom is 0.263 e. The molecule has 0 spiro atoms. The van der Waals surface area contributed by atoms with Gasteiger partial charge in [-0.1, -0.05) is 41.4 Å². The maximum atomic E-state index is 12.8. The van der Waals surface area contributed by atoms with Crippen LogP contribution >= 0.6 is 23.2 Å². The van der Waals surface area contributed by atoms with Gasteiger partial charge in [-0.15, -0.1) is 0 Å². The van der Waals surface area contributed by atoms with Gasteiger partial charge in [0.1, 0.15) is 10.6 Å². The van der Waals surface area contributed by atoms with Crippen LogP contribution in [0.5, 0.6) is 0 Å². The van der Waals surface area contributed by atoms with Crippen LogP contribution in [0.15, 0.2) is 71.9 Å². The highest BCUT2D eigenvalue weighted by molar-refractivity contribution is 7.92. The standard InChI is InChI=1S/C25H23Cl2N7O2S/c1-33-14-4-5-18(33)12-13-28-25-29-15-19-23(31-34(2)24(19)30-25)16-8-10-17(11-9-16)32-37(35,36)21-7-3-6-20(26)22(21)27/h3-11,14-15,32H,12-13H2,1-2H3,(H,28,29,30). The first kappa shape index (κ1) is 25.1. The summed E-state index contributed by atoms with van der Waals surface area (Å²) >= 11 is 12.1. The zero-order chi connectivity index (χ0) is 26.2. The predicted molar refractivity (Wildman–Crippen MR) is 147 cm³/mol. The molecule has 0 aliphatic rings. The minimum absolute atomic E-state index is 0.0259. The minimum Gasteiger partial charge on any atom is -0.354 e. The van der Waals surface area contributed by atoms with Crippen molar-refractivity contribution in [3.63, 3.8) is 0 Å². The average molecular weight is 556 g/mol. The molecular formula is C25H23Cl2N7O2S. The number of nitrogens with zero attached hydrogens (tertiary/aromatic N) is 5. The summed E-state index contributed by atoms with van der Waals surface area (Å²) in [7, 11) is -0.0758. The molecule has 37 heavy (non-hydrogen) atoms. The van der Waals surface area contributed by atoms with Crippen LogP contribution < -0.4 is 10.0 Å². The van der Waals surface area contributed by atoms with Gasteiger partial charge in [0.15, 0.2) is 5.65 Å². The van der Waals surface area contributed by atoms with Crippen LogP contribution in [0, 0.1) is 0 Å². The van der Waals surface area contributed by atoms with Gasteiger partial charge in [0.2, 0.25) is 5.95 Å². The Balaban J connectivity index is 1.33. The van der Waals surface area contributed by atoms with E-state index in [1.165, 1.54) is 23.9 Å². The lowest BCUT2D eigenvalue weighted by Gasteiger charge is -2.10. The van der Waals surface area contributed by atoms with Crippen molar-refractivity contribution < 1.29 is 8.42 Å². The number of sulfonamides is 1. The van der Waals surface area contributed by atoms with Crippen LogP contribution in [0.3, 0.4) is 0 Å². The van der Waals surface area contributed by atoms with E-state index >= 15 is 0 Å².